The number of esters is 2. The van der Waals surface area contributed by atoms with Crippen LogP contribution in [0.1, 0.15) is 34.5 Å². The molecule has 3 aromatic carbocycles. The molecule has 3 aromatic rings. The fourth-order valence-electron chi connectivity index (χ4n) is 2.86. The molecule has 0 aliphatic heterocycles. The SMILES string of the molecule is COc1ccc(C(=O)c2ccccc2)c(OC(C(=O)OC(C)=O)c2ccccc2)c1. The summed E-state index contributed by atoms with van der Waals surface area (Å²) in [6.45, 7) is 1.13. The van der Waals surface area contributed by atoms with E-state index in [2.05, 4.69) is 0 Å². The van der Waals surface area contributed by atoms with Crippen LogP contribution in [0.15, 0.2) is 78.9 Å². The van der Waals surface area contributed by atoms with Gasteiger partial charge in [-0.25, -0.2) is 4.79 Å². The van der Waals surface area contributed by atoms with Crippen LogP contribution in [-0.2, 0) is 14.3 Å². The monoisotopic (exact) mass is 404 g/mol. The fourth-order valence-corrected chi connectivity index (χ4v) is 2.86. The van der Waals surface area contributed by atoms with Crippen molar-refractivity contribution in [1.29, 1.82) is 0 Å². The zero-order valence-electron chi connectivity index (χ0n) is 16.5. The van der Waals surface area contributed by atoms with E-state index in [1.54, 1.807) is 66.7 Å². The lowest BCUT2D eigenvalue weighted by molar-refractivity contribution is -0.163. The average Bonchev–Trinajstić information content (AvgIpc) is 2.77. The number of hydrogen-bond donors (Lipinski definition) is 0. The lowest BCUT2D eigenvalue weighted by atomic mass is 10.0. The third kappa shape index (κ3) is 4.91. The van der Waals surface area contributed by atoms with Gasteiger partial charge in [-0.15, -0.1) is 0 Å². The molecular weight excluding hydrogens is 384 g/mol. The topological polar surface area (TPSA) is 78.9 Å². The minimum Gasteiger partial charge on any atom is -0.497 e. The molecule has 0 aliphatic rings. The summed E-state index contributed by atoms with van der Waals surface area (Å²) < 4.78 is 16.0. The summed E-state index contributed by atoms with van der Waals surface area (Å²) in [4.78, 5) is 37.0. The van der Waals surface area contributed by atoms with Gasteiger partial charge < -0.3 is 14.2 Å². The van der Waals surface area contributed by atoms with Gasteiger partial charge in [-0.2, -0.15) is 0 Å². The van der Waals surface area contributed by atoms with Crippen molar-refractivity contribution in [2.24, 2.45) is 0 Å². The lowest BCUT2D eigenvalue weighted by Crippen LogP contribution is -2.24. The van der Waals surface area contributed by atoms with Gasteiger partial charge in [-0.3, -0.25) is 9.59 Å². The molecule has 0 spiro atoms. The minimum absolute atomic E-state index is 0.137. The third-order valence-corrected chi connectivity index (χ3v) is 4.27. The van der Waals surface area contributed by atoms with Crippen LogP contribution in [0.3, 0.4) is 0 Å². The van der Waals surface area contributed by atoms with Crippen molar-refractivity contribution in [2.45, 2.75) is 13.0 Å². The van der Waals surface area contributed by atoms with E-state index in [9.17, 15) is 14.4 Å². The molecule has 30 heavy (non-hydrogen) atoms. The maximum Gasteiger partial charge on any atom is 0.359 e. The molecule has 0 radical (unpaired) electrons. The van der Waals surface area contributed by atoms with E-state index in [4.69, 9.17) is 14.2 Å². The first-order valence-corrected chi connectivity index (χ1v) is 9.21. The van der Waals surface area contributed by atoms with E-state index in [0.29, 0.717) is 16.9 Å². The average molecular weight is 404 g/mol. The molecule has 0 saturated heterocycles. The van der Waals surface area contributed by atoms with Crippen molar-refractivity contribution in [3.8, 4) is 11.5 Å². The van der Waals surface area contributed by atoms with Crippen molar-refractivity contribution in [3.05, 3.63) is 95.6 Å². The van der Waals surface area contributed by atoms with Crippen molar-refractivity contribution in [3.63, 3.8) is 0 Å². The predicted octanol–water partition coefficient (Wildman–Crippen LogP) is 4.14. The standard InChI is InChI=1S/C24H20O6/c1-16(25)29-24(27)23(18-11-7-4-8-12-18)30-21-15-19(28-2)13-14-20(21)22(26)17-9-5-3-6-10-17/h3-15,23H,1-2H3. The number of carbonyl (C=O) groups is 3. The zero-order valence-corrected chi connectivity index (χ0v) is 16.5. The fraction of sp³-hybridized carbons (Fsp3) is 0.125. The molecule has 0 aliphatic carbocycles. The van der Waals surface area contributed by atoms with Gasteiger partial charge in [0, 0.05) is 24.1 Å². The normalized spacial score (nSPS) is 11.3. The molecule has 0 amide bonds. The molecule has 0 N–H and O–H groups in total. The van der Waals surface area contributed by atoms with Gasteiger partial charge in [0.05, 0.1) is 12.7 Å². The molecule has 0 saturated carbocycles. The zero-order chi connectivity index (χ0) is 21.5. The lowest BCUT2D eigenvalue weighted by Gasteiger charge is -2.20. The summed E-state index contributed by atoms with van der Waals surface area (Å²) >= 11 is 0. The van der Waals surface area contributed by atoms with Crippen molar-refractivity contribution >= 4 is 17.7 Å². The highest BCUT2D eigenvalue weighted by atomic mass is 16.6. The second-order valence-electron chi connectivity index (χ2n) is 6.38. The highest BCUT2D eigenvalue weighted by Gasteiger charge is 2.28. The first-order chi connectivity index (χ1) is 14.5. The summed E-state index contributed by atoms with van der Waals surface area (Å²) in [6, 6.07) is 22.0. The highest BCUT2D eigenvalue weighted by molar-refractivity contribution is 6.10. The second-order valence-corrected chi connectivity index (χ2v) is 6.38. The Morgan fingerprint density at radius 2 is 1.47 bits per heavy atom. The van der Waals surface area contributed by atoms with E-state index in [-0.39, 0.29) is 17.1 Å². The van der Waals surface area contributed by atoms with Gasteiger partial charge in [0.15, 0.2) is 5.78 Å². The number of benzene rings is 3. The predicted molar refractivity (Wildman–Crippen MR) is 109 cm³/mol. The number of ketones is 1. The molecule has 0 heterocycles. The van der Waals surface area contributed by atoms with E-state index in [1.165, 1.54) is 13.2 Å². The quantitative estimate of drug-likeness (QED) is 0.335. The Kier molecular flexibility index (Phi) is 6.60. The molecule has 3 rings (SSSR count). The molecule has 1 unspecified atom stereocenters. The van der Waals surface area contributed by atoms with Crippen LogP contribution in [0.2, 0.25) is 0 Å². The Morgan fingerprint density at radius 3 is 2.07 bits per heavy atom. The van der Waals surface area contributed by atoms with Crippen molar-refractivity contribution in [2.75, 3.05) is 7.11 Å². The van der Waals surface area contributed by atoms with Gasteiger partial charge >= 0.3 is 11.9 Å². The van der Waals surface area contributed by atoms with Crippen LogP contribution in [0.4, 0.5) is 0 Å². The van der Waals surface area contributed by atoms with Crippen LogP contribution >= 0.6 is 0 Å². The maximum atomic E-state index is 13.0. The Balaban J connectivity index is 2.04. The first-order valence-electron chi connectivity index (χ1n) is 9.21. The first kappa shape index (κ1) is 20.8. The Labute approximate surface area is 174 Å². The van der Waals surface area contributed by atoms with E-state index in [1.807, 2.05) is 6.07 Å². The van der Waals surface area contributed by atoms with E-state index < -0.39 is 18.0 Å². The number of rotatable bonds is 7. The van der Waals surface area contributed by atoms with Gasteiger partial charge in [0.25, 0.3) is 0 Å². The summed E-state index contributed by atoms with van der Waals surface area (Å²) in [5.41, 5.74) is 1.19. The molecule has 6 heteroatoms. The molecule has 0 fully saturated rings. The number of methoxy groups -OCH3 is 1. The van der Waals surface area contributed by atoms with E-state index in [0.717, 1.165) is 6.92 Å². The molecule has 0 bridgehead atoms. The highest BCUT2D eigenvalue weighted by Crippen LogP contribution is 2.31. The molecule has 0 aromatic heterocycles. The number of carbonyl (C=O) groups excluding carboxylic acids is 3. The smallest absolute Gasteiger partial charge is 0.359 e. The van der Waals surface area contributed by atoms with Crippen molar-refractivity contribution in [1.82, 2.24) is 0 Å². The van der Waals surface area contributed by atoms with Gasteiger partial charge in [-0.05, 0) is 12.1 Å². The van der Waals surface area contributed by atoms with Gasteiger partial charge in [0.1, 0.15) is 11.5 Å². The molecule has 1 atom stereocenters. The largest absolute Gasteiger partial charge is 0.497 e. The number of hydrogen-bond acceptors (Lipinski definition) is 6. The van der Waals surface area contributed by atoms with Crippen LogP contribution in [0, 0.1) is 0 Å². The summed E-state index contributed by atoms with van der Waals surface area (Å²) in [7, 11) is 1.48. The molecular formula is C24H20O6. The van der Waals surface area contributed by atoms with Crippen molar-refractivity contribution < 1.29 is 28.6 Å². The van der Waals surface area contributed by atoms with Gasteiger partial charge in [-0.1, -0.05) is 60.7 Å². The van der Waals surface area contributed by atoms with Crippen LogP contribution in [0.25, 0.3) is 0 Å². The summed E-state index contributed by atoms with van der Waals surface area (Å²) in [5.74, 6) is -1.33. The van der Waals surface area contributed by atoms with Crippen LogP contribution in [0.5, 0.6) is 11.5 Å². The summed E-state index contributed by atoms with van der Waals surface area (Å²) in [6.07, 6.45) is -1.25. The van der Waals surface area contributed by atoms with Crippen LogP contribution < -0.4 is 9.47 Å². The Hall–Kier alpha value is -3.93. The third-order valence-electron chi connectivity index (χ3n) is 4.27. The van der Waals surface area contributed by atoms with Gasteiger partial charge in [0.2, 0.25) is 6.10 Å². The summed E-state index contributed by atoms with van der Waals surface area (Å²) in [5, 5.41) is 0. The maximum absolute atomic E-state index is 13.0. The van der Waals surface area contributed by atoms with Crippen LogP contribution in [-0.4, -0.2) is 24.8 Å². The molecule has 152 valence electrons. The second kappa shape index (κ2) is 9.52. The number of ether oxygens (including phenoxy) is 3. The van der Waals surface area contributed by atoms with E-state index >= 15 is 0 Å². The minimum atomic E-state index is -1.25. The Morgan fingerprint density at radius 1 is 0.833 bits per heavy atom. The Bertz CT molecular complexity index is 1040. The molecule has 6 nitrogen and oxygen atoms in total.